The van der Waals surface area contributed by atoms with Gasteiger partial charge < -0.3 is 15.2 Å². The predicted octanol–water partition coefficient (Wildman–Crippen LogP) is -0.874. The van der Waals surface area contributed by atoms with Crippen molar-refractivity contribution < 1.29 is 10.0 Å². The van der Waals surface area contributed by atoms with Gasteiger partial charge in [0.1, 0.15) is 0 Å². The number of hydrogen-bond donors (Lipinski definition) is 2. The molecule has 0 fully saturated rings. The molecular formula is C5H9N3O3. The number of nitrogens with two attached hydrogens (primary N) is 1. The molecule has 0 bridgehead atoms. The summed E-state index contributed by atoms with van der Waals surface area (Å²) in [5.74, 6) is -0.466. The van der Waals surface area contributed by atoms with Gasteiger partial charge in [0.2, 0.25) is 0 Å². The van der Waals surface area contributed by atoms with Crippen molar-refractivity contribution in [2.75, 3.05) is 13.2 Å². The fraction of sp³-hybridized carbons (Fsp3) is 0.400. The molecule has 0 aliphatic carbocycles. The van der Waals surface area contributed by atoms with Gasteiger partial charge in [0.05, 0.1) is 13.2 Å². The second kappa shape index (κ2) is 5.36. The molecule has 0 aliphatic heterocycles. The van der Waals surface area contributed by atoms with Gasteiger partial charge in [0, 0.05) is 12.3 Å². The number of hydrogen-bond acceptors (Lipinski definition) is 5. The van der Waals surface area contributed by atoms with Crippen LogP contribution in [0.15, 0.2) is 16.9 Å². The standard InChI is InChI=1S/C5H9N3O3/c6-5(8(10)11)1-2-7-3-4-9/h1-2,9H,3-4,6H2. The Morgan fingerprint density at radius 2 is 2.45 bits per heavy atom. The van der Waals surface area contributed by atoms with Crippen molar-refractivity contribution in [1.29, 1.82) is 0 Å². The van der Waals surface area contributed by atoms with E-state index >= 15 is 0 Å². The maximum absolute atomic E-state index is 9.86. The van der Waals surface area contributed by atoms with E-state index in [0.717, 1.165) is 6.08 Å². The van der Waals surface area contributed by atoms with E-state index in [1.165, 1.54) is 6.21 Å². The number of aliphatic hydroxyl groups is 1. The molecule has 0 aromatic rings. The van der Waals surface area contributed by atoms with Crippen molar-refractivity contribution in [1.82, 2.24) is 0 Å². The molecule has 3 N–H and O–H groups in total. The molecule has 0 aliphatic rings. The van der Waals surface area contributed by atoms with E-state index in [-0.39, 0.29) is 13.2 Å². The highest BCUT2D eigenvalue weighted by Gasteiger charge is 1.94. The van der Waals surface area contributed by atoms with Crippen LogP contribution in [-0.4, -0.2) is 29.4 Å². The van der Waals surface area contributed by atoms with Crippen LogP contribution >= 0.6 is 0 Å². The highest BCUT2D eigenvalue weighted by molar-refractivity contribution is 5.71. The highest BCUT2D eigenvalue weighted by Crippen LogP contribution is 1.80. The van der Waals surface area contributed by atoms with Crippen molar-refractivity contribution in [3.8, 4) is 0 Å². The first kappa shape index (κ1) is 9.57. The topological polar surface area (TPSA) is 102 Å². The molecule has 0 saturated heterocycles. The lowest BCUT2D eigenvalue weighted by Gasteiger charge is -1.89. The lowest BCUT2D eigenvalue weighted by Crippen LogP contribution is -2.08. The van der Waals surface area contributed by atoms with Gasteiger partial charge in [-0.2, -0.15) is 0 Å². The molecule has 0 spiro atoms. The van der Waals surface area contributed by atoms with Gasteiger partial charge in [-0.05, 0) is 4.92 Å². The maximum atomic E-state index is 9.86. The Morgan fingerprint density at radius 1 is 1.82 bits per heavy atom. The molecular weight excluding hydrogens is 150 g/mol. The average molecular weight is 159 g/mol. The van der Waals surface area contributed by atoms with E-state index < -0.39 is 10.7 Å². The number of allylic oxidation sites excluding steroid dienone is 1. The first-order valence-electron chi connectivity index (χ1n) is 2.89. The summed E-state index contributed by atoms with van der Waals surface area (Å²) in [6, 6.07) is 0. The number of rotatable bonds is 4. The molecule has 0 atom stereocenters. The molecule has 0 saturated carbocycles. The van der Waals surface area contributed by atoms with Crippen molar-refractivity contribution in [3.63, 3.8) is 0 Å². The Kier molecular flexibility index (Phi) is 4.67. The van der Waals surface area contributed by atoms with E-state index in [1.807, 2.05) is 0 Å². The summed E-state index contributed by atoms with van der Waals surface area (Å²) in [7, 11) is 0. The van der Waals surface area contributed by atoms with Crippen LogP contribution in [0.5, 0.6) is 0 Å². The summed E-state index contributed by atoms with van der Waals surface area (Å²) in [5, 5.41) is 18.1. The van der Waals surface area contributed by atoms with Gasteiger partial charge in [0.15, 0.2) is 0 Å². The Morgan fingerprint density at radius 3 is 2.91 bits per heavy atom. The zero-order chi connectivity index (χ0) is 8.69. The molecule has 0 heterocycles. The third kappa shape index (κ3) is 5.04. The smallest absolute Gasteiger partial charge is 0.315 e. The Balaban J connectivity index is 3.81. The van der Waals surface area contributed by atoms with Crippen LogP contribution in [0.1, 0.15) is 0 Å². The first-order chi connectivity index (χ1) is 5.18. The molecule has 6 heteroatoms. The van der Waals surface area contributed by atoms with E-state index in [2.05, 4.69) is 4.99 Å². The maximum Gasteiger partial charge on any atom is 0.315 e. The minimum atomic E-state index is -0.717. The highest BCUT2D eigenvalue weighted by atomic mass is 16.6. The van der Waals surface area contributed by atoms with Gasteiger partial charge >= 0.3 is 5.82 Å². The fourth-order valence-corrected chi connectivity index (χ4v) is 0.322. The molecule has 6 nitrogen and oxygen atoms in total. The summed E-state index contributed by atoms with van der Waals surface area (Å²) >= 11 is 0. The summed E-state index contributed by atoms with van der Waals surface area (Å²) in [4.78, 5) is 12.7. The Bertz CT molecular complexity index is 187. The van der Waals surface area contributed by atoms with E-state index in [4.69, 9.17) is 10.8 Å². The minimum Gasteiger partial charge on any atom is -0.394 e. The SMILES string of the molecule is NC(=CC=NCCO)[N+](=O)[O-]. The van der Waals surface area contributed by atoms with E-state index in [0.29, 0.717) is 0 Å². The molecule has 0 radical (unpaired) electrons. The van der Waals surface area contributed by atoms with Crippen LogP contribution in [-0.2, 0) is 0 Å². The summed E-state index contributed by atoms with van der Waals surface area (Å²) in [6.45, 7) is 0.143. The van der Waals surface area contributed by atoms with Gasteiger partial charge in [-0.15, -0.1) is 0 Å². The van der Waals surface area contributed by atoms with Crippen LogP contribution in [0.4, 0.5) is 0 Å². The van der Waals surface area contributed by atoms with Crippen molar-refractivity contribution in [3.05, 3.63) is 22.0 Å². The van der Waals surface area contributed by atoms with Crippen molar-refractivity contribution >= 4 is 6.21 Å². The van der Waals surface area contributed by atoms with Crippen LogP contribution in [0.25, 0.3) is 0 Å². The molecule has 0 amide bonds. The normalized spacial score (nSPS) is 12.3. The van der Waals surface area contributed by atoms with Crippen molar-refractivity contribution in [2.45, 2.75) is 0 Å². The van der Waals surface area contributed by atoms with E-state index in [1.54, 1.807) is 0 Å². The van der Waals surface area contributed by atoms with Crippen LogP contribution in [0.2, 0.25) is 0 Å². The van der Waals surface area contributed by atoms with Crippen LogP contribution in [0, 0.1) is 10.1 Å². The molecule has 11 heavy (non-hydrogen) atoms. The van der Waals surface area contributed by atoms with Crippen LogP contribution in [0.3, 0.4) is 0 Å². The predicted molar refractivity (Wildman–Crippen MR) is 39.7 cm³/mol. The largest absolute Gasteiger partial charge is 0.394 e. The summed E-state index contributed by atoms with van der Waals surface area (Å²) in [5.41, 5.74) is 4.91. The monoisotopic (exact) mass is 159 g/mol. The second-order valence-electron chi connectivity index (χ2n) is 1.63. The quantitative estimate of drug-likeness (QED) is 0.316. The van der Waals surface area contributed by atoms with E-state index in [9.17, 15) is 10.1 Å². The molecule has 0 rings (SSSR count). The number of aliphatic imine (C=N–C) groups is 1. The molecule has 62 valence electrons. The zero-order valence-electron chi connectivity index (χ0n) is 5.80. The lowest BCUT2D eigenvalue weighted by atomic mass is 10.6. The van der Waals surface area contributed by atoms with Gasteiger partial charge in [0.25, 0.3) is 0 Å². The third-order valence-corrected chi connectivity index (χ3v) is 0.791. The summed E-state index contributed by atoms with van der Waals surface area (Å²) < 4.78 is 0. The van der Waals surface area contributed by atoms with Gasteiger partial charge in [-0.3, -0.25) is 10.7 Å². The Hall–Kier alpha value is -1.43. The minimum absolute atomic E-state index is 0.0806. The molecule has 0 aromatic heterocycles. The molecule has 0 unspecified atom stereocenters. The second-order valence-corrected chi connectivity index (χ2v) is 1.63. The van der Waals surface area contributed by atoms with Crippen molar-refractivity contribution in [2.24, 2.45) is 10.7 Å². The Labute approximate surface area is 63.2 Å². The number of nitro groups is 1. The first-order valence-corrected chi connectivity index (χ1v) is 2.89. The lowest BCUT2D eigenvalue weighted by molar-refractivity contribution is -0.426. The third-order valence-electron chi connectivity index (χ3n) is 0.791. The van der Waals surface area contributed by atoms with Gasteiger partial charge in [-0.25, -0.2) is 0 Å². The van der Waals surface area contributed by atoms with Crippen LogP contribution < -0.4 is 5.73 Å². The summed E-state index contributed by atoms with van der Waals surface area (Å²) in [6.07, 6.45) is 2.25. The zero-order valence-corrected chi connectivity index (χ0v) is 5.80. The molecule has 0 aromatic carbocycles. The number of nitrogens with zero attached hydrogens (tertiary/aromatic N) is 2. The average Bonchev–Trinajstić information content (AvgIpc) is 1.97. The number of aliphatic hydroxyl groups excluding tert-OH is 1. The van der Waals surface area contributed by atoms with Gasteiger partial charge in [-0.1, -0.05) is 0 Å². The fourth-order valence-electron chi connectivity index (χ4n) is 0.322.